The fourth-order valence-electron chi connectivity index (χ4n) is 2.64. The molecule has 1 atom stereocenters. The van der Waals surface area contributed by atoms with E-state index < -0.39 is 0 Å². The predicted octanol–water partition coefficient (Wildman–Crippen LogP) is 4.28. The molecule has 1 heterocycles. The number of urea groups is 1. The zero-order valence-electron chi connectivity index (χ0n) is 13.1. The van der Waals surface area contributed by atoms with E-state index in [-0.39, 0.29) is 24.2 Å². The van der Waals surface area contributed by atoms with Crippen molar-refractivity contribution in [3.63, 3.8) is 0 Å². The van der Waals surface area contributed by atoms with Crippen molar-refractivity contribution in [2.24, 2.45) is 0 Å². The van der Waals surface area contributed by atoms with E-state index in [9.17, 15) is 4.79 Å². The zero-order chi connectivity index (χ0) is 15.6. The number of carbonyl (C=O) groups excluding carboxylic acids is 1. The van der Waals surface area contributed by atoms with Gasteiger partial charge in [0.05, 0.1) is 6.04 Å². The van der Waals surface area contributed by atoms with Gasteiger partial charge in [-0.05, 0) is 45.4 Å². The van der Waals surface area contributed by atoms with E-state index in [1.54, 1.807) is 0 Å². The first-order valence-electron chi connectivity index (χ1n) is 7.43. The molecule has 0 bridgehead atoms. The van der Waals surface area contributed by atoms with Crippen LogP contribution in [0.15, 0.2) is 30.3 Å². The van der Waals surface area contributed by atoms with E-state index in [1.165, 1.54) is 0 Å². The summed E-state index contributed by atoms with van der Waals surface area (Å²) in [6.45, 7) is 8.98. The Kier molecular flexibility index (Phi) is 4.94. The lowest BCUT2D eigenvalue weighted by atomic mass is 10.1. The van der Waals surface area contributed by atoms with Crippen molar-refractivity contribution in [1.82, 2.24) is 9.80 Å². The highest BCUT2D eigenvalue weighted by molar-refractivity contribution is 6.30. The van der Waals surface area contributed by atoms with Crippen molar-refractivity contribution in [2.45, 2.75) is 45.8 Å². The molecule has 0 radical (unpaired) electrons. The summed E-state index contributed by atoms with van der Waals surface area (Å²) in [5.74, 6) is 0. The first-order chi connectivity index (χ1) is 9.90. The number of hydrogen-bond donors (Lipinski definition) is 0. The van der Waals surface area contributed by atoms with Gasteiger partial charge in [-0.25, -0.2) is 4.79 Å². The van der Waals surface area contributed by atoms with Crippen molar-refractivity contribution < 1.29 is 4.79 Å². The number of amides is 2. The number of halogens is 1. The van der Waals surface area contributed by atoms with Crippen LogP contribution in [0.25, 0.3) is 6.08 Å². The number of nitrogens with zero attached hydrogens (tertiary/aromatic N) is 2. The average molecular weight is 307 g/mol. The minimum atomic E-state index is 0.121. The molecule has 4 heteroatoms. The molecule has 21 heavy (non-hydrogen) atoms. The Balaban J connectivity index is 2.17. The van der Waals surface area contributed by atoms with Gasteiger partial charge in [0.25, 0.3) is 0 Å². The van der Waals surface area contributed by atoms with E-state index in [1.807, 2.05) is 34.1 Å². The Hall–Kier alpha value is -1.48. The van der Waals surface area contributed by atoms with Gasteiger partial charge in [0.2, 0.25) is 0 Å². The number of hydrogen-bond acceptors (Lipinski definition) is 1. The van der Waals surface area contributed by atoms with Gasteiger partial charge >= 0.3 is 6.03 Å². The highest BCUT2D eigenvalue weighted by Gasteiger charge is 2.38. The van der Waals surface area contributed by atoms with E-state index in [0.29, 0.717) is 0 Å². The van der Waals surface area contributed by atoms with Crippen LogP contribution in [-0.4, -0.2) is 40.5 Å². The molecule has 3 nitrogen and oxygen atoms in total. The molecule has 1 aliphatic heterocycles. The topological polar surface area (TPSA) is 23.6 Å². The molecule has 0 aliphatic carbocycles. The van der Waals surface area contributed by atoms with Crippen LogP contribution in [0, 0.1) is 0 Å². The van der Waals surface area contributed by atoms with Crippen molar-refractivity contribution in [3.8, 4) is 0 Å². The number of carbonyl (C=O) groups is 1. The Bertz CT molecular complexity index is 522. The standard InChI is InChI=1S/C17H23ClN2O/c1-12(2)19-11-16(20(13(3)4)17(19)21)10-7-14-5-8-15(18)9-6-14/h5-10,12-13,16H,11H2,1-4H3/b10-7+/t16-/m1/s1. The van der Waals surface area contributed by atoms with E-state index in [2.05, 4.69) is 39.8 Å². The van der Waals surface area contributed by atoms with Crippen LogP contribution in [0.1, 0.15) is 33.3 Å². The molecule has 0 saturated carbocycles. The highest BCUT2D eigenvalue weighted by atomic mass is 35.5. The van der Waals surface area contributed by atoms with E-state index in [4.69, 9.17) is 11.6 Å². The third-order valence-electron chi connectivity index (χ3n) is 3.77. The molecule has 1 aliphatic rings. The first-order valence-corrected chi connectivity index (χ1v) is 7.80. The van der Waals surface area contributed by atoms with Gasteiger partial charge in [-0.1, -0.05) is 35.9 Å². The second-order valence-corrected chi connectivity index (χ2v) is 6.44. The monoisotopic (exact) mass is 306 g/mol. The predicted molar refractivity (Wildman–Crippen MR) is 88.5 cm³/mol. The molecule has 0 aromatic heterocycles. The zero-order valence-corrected chi connectivity index (χ0v) is 13.8. The van der Waals surface area contributed by atoms with Crippen molar-refractivity contribution in [2.75, 3.05) is 6.54 Å². The minimum Gasteiger partial charge on any atom is -0.320 e. The summed E-state index contributed by atoms with van der Waals surface area (Å²) < 4.78 is 0. The van der Waals surface area contributed by atoms with E-state index in [0.717, 1.165) is 17.1 Å². The second kappa shape index (κ2) is 6.52. The maximum absolute atomic E-state index is 12.5. The third-order valence-corrected chi connectivity index (χ3v) is 4.02. The van der Waals surface area contributed by atoms with E-state index >= 15 is 0 Å². The number of rotatable bonds is 4. The minimum absolute atomic E-state index is 0.121. The van der Waals surface area contributed by atoms with Gasteiger partial charge in [0.15, 0.2) is 0 Å². The molecule has 2 rings (SSSR count). The normalized spacial score (nSPS) is 19.6. The quantitative estimate of drug-likeness (QED) is 0.814. The third kappa shape index (κ3) is 3.59. The number of benzene rings is 1. The average Bonchev–Trinajstić information content (AvgIpc) is 2.75. The molecule has 0 N–H and O–H groups in total. The van der Waals surface area contributed by atoms with Gasteiger partial charge in [0, 0.05) is 23.7 Å². The van der Waals surface area contributed by atoms with Gasteiger partial charge in [-0.2, -0.15) is 0 Å². The lowest BCUT2D eigenvalue weighted by molar-refractivity contribution is 0.171. The van der Waals surface area contributed by atoms with Crippen molar-refractivity contribution >= 4 is 23.7 Å². The maximum Gasteiger partial charge on any atom is 0.321 e. The lowest BCUT2D eigenvalue weighted by Crippen LogP contribution is -2.40. The summed E-state index contributed by atoms with van der Waals surface area (Å²) in [5, 5.41) is 0.734. The molecule has 0 spiro atoms. The largest absolute Gasteiger partial charge is 0.321 e. The van der Waals surface area contributed by atoms with Crippen LogP contribution in [0.4, 0.5) is 4.79 Å². The van der Waals surface area contributed by atoms with Gasteiger partial charge in [-0.3, -0.25) is 0 Å². The van der Waals surface area contributed by atoms with Crippen LogP contribution < -0.4 is 0 Å². The summed E-state index contributed by atoms with van der Waals surface area (Å²) in [4.78, 5) is 16.3. The Morgan fingerprint density at radius 1 is 1.14 bits per heavy atom. The van der Waals surface area contributed by atoms with Crippen LogP contribution >= 0.6 is 11.6 Å². The first kappa shape index (κ1) is 15.9. The summed E-state index contributed by atoms with van der Waals surface area (Å²) in [6, 6.07) is 8.39. The van der Waals surface area contributed by atoms with Gasteiger partial charge in [0.1, 0.15) is 0 Å². The molecule has 1 aromatic carbocycles. The molecular weight excluding hydrogens is 284 g/mol. The second-order valence-electron chi connectivity index (χ2n) is 6.01. The Morgan fingerprint density at radius 2 is 1.76 bits per heavy atom. The molecule has 1 aromatic rings. The van der Waals surface area contributed by atoms with Crippen LogP contribution in [0.3, 0.4) is 0 Å². The summed E-state index contributed by atoms with van der Waals surface area (Å²) in [5.41, 5.74) is 1.10. The molecule has 1 saturated heterocycles. The maximum atomic E-state index is 12.5. The molecule has 2 amide bonds. The molecule has 0 unspecified atom stereocenters. The van der Waals surface area contributed by atoms with Crippen molar-refractivity contribution in [3.05, 3.63) is 40.9 Å². The van der Waals surface area contributed by atoms with Crippen LogP contribution in [0.2, 0.25) is 5.02 Å². The fourth-order valence-corrected chi connectivity index (χ4v) is 2.77. The Labute approximate surface area is 132 Å². The Morgan fingerprint density at radius 3 is 2.29 bits per heavy atom. The lowest BCUT2D eigenvalue weighted by Gasteiger charge is -2.26. The SMILES string of the molecule is CC(C)N1C[C@@H](/C=C/c2ccc(Cl)cc2)N(C(C)C)C1=O. The molecule has 114 valence electrons. The van der Waals surface area contributed by atoms with Gasteiger partial charge in [-0.15, -0.1) is 0 Å². The fraction of sp³-hybridized carbons (Fsp3) is 0.471. The smallest absolute Gasteiger partial charge is 0.320 e. The molecular formula is C17H23ClN2O. The summed E-state index contributed by atoms with van der Waals surface area (Å²) in [7, 11) is 0. The van der Waals surface area contributed by atoms with Crippen LogP contribution in [0.5, 0.6) is 0 Å². The summed E-state index contributed by atoms with van der Waals surface area (Å²) in [6.07, 6.45) is 4.18. The summed E-state index contributed by atoms with van der Waals surface area (Å²) >= 11 is 5.89. The van der Waals surface area contributed by atoms with Crippen molar-refractivity contribution in [1.29, 1.82) is 0 Å². The van der Waals surface area contributed by atoms with Crippen LogP contribution in [-0.2, 0) is 0 Å². The van der Waals surface area contributed by atoms with Gasteiger partial charge < -0.3 is 9.80 Å². The highest BCUT2D eigenvalue weighted by Crippen LogP contribution is 2.23. The molecule has 1 fully saturated rings.